The summed E-state index contributed by atoms with van der Waals surface area (Å²) in [6.07, 6.45) is 14.3. The van der Waals surface area contributed by atoms with Gasteiger partial charge in [0.05, 0.1) is 0 Å². The van der Waals surface area contributed by atoms with Crippen LogP contribution < -0.4 is 0 Å². The van der Waals surface area contributed by atoms with E-state index in [2.05, 4.69) is 18.7 Å². The summed E-state index contributed by atoms with van der Waals surface area (Å²) in [6.45, 7) is 3.54. The van der Waals surface area contributed by atoms with E-state index in [-0.39, 0.29) is 5.78 Å². The minimum Gasteiger partial charge on any atom is -0.481 e. The van der Waals surface area contributed by atoms with Crippen molar-refractivity contribution in [2.24, 2.45) is 0 Å². The Kier molecular flexibility index (Phi) is 12.1. The average molecular weight is 266 g/mol. The number of unbranched alkanes of at least 4 members (excludes halogenated alkanes) is 5. The van der Waals surface area contributed by atoms with Crippen LogP contribution in [0.5, 0.6) is 0 Å². The molecule has 0 aromatic rings. The van der Waals surface area contributed by atoms with Gasteiger partial charge in [-0.15, -0.1) is 6.58 Å². The molecule has 0 saturated heterocycles. The number of hydrogen-bond acceptors (Lipinski definition) is 2. The Bertz CT molecular complexity index is 292. The molecule has 0 heterocycles. The molecule has 0 aromatic heterocycles. The minimum absolute atomic E-state index is 0.248. The van der Waals surface area contributed by atoms with E-state index in [9.17, 15) is 9.59 Å². The zero-order chi connectivity index (χ0) is 14.3. The fourth-order valence-corrected chi connectivity index (χ4v) is 1.81. The third-order valence-corrected chi connectivity index (χ3v) is 2.89. The van der Waals surface area contributed by atoms with E-state index in [4.69, 9.17) is 5.11 Å². The van der Waals surface area contributed by atoms with Crippen molar-refractivity contribution in [3.63, 3.8) is 0 Å². The first-order valence-electron chi connectivity index (χ1n) is 7.16. The van der Waals surface area contributed by atoms with E-state index < -0.39 is 5.97 Å². The molecule has 0 saturated carbocycles. The van der Waals surface area contributed by atoms with Crippen molar-refractivity contribution in [1.82, 2.24) is 0 Å². The highest BCUT2D eigenvalue weighted by Crippen LogP contribution is 2.08. The number of carboxylic acid groups (broad SMARTS) is 1. The molecule has 19 heavy (non-hydrogen) atoms. The second-order valence-corrected chi connectivity index (χ2v) is 4.74. The molecule has 1 N–H and O–H groups in total. The van der Waals surface area contributed by atoms with Crippen molar-refractivity contribution < 1.29 is 14.7 Å². The van der Waals surface area contributed by atoms with Crippen molar-refractivity contribution in [1.29, 1.82) is 0 Å². The third-order valence-electron chi connectivity index (χ3n) is 2.89. The number of Topliss-reactive ketones (excluding diaryl/α,β-unsaturated/α-hetero) is 1. The Morgan fingerprint density at radius 3 is 2.21 bits per heavy atom. The molecule has 0 aliphatic rings. The Hall–Kier alpha value is -1.38. The van der Waals surface area contributed by atoms with Crippen molar-refractivity contribution in [3.05, 3.63) is 24.8 Å². The molecule has 0 unspecified atom stereocenters. The normalized spacial score (nSPS) is 10.7. The molecular formula is C16H26O3. The van der Waals surface area contributed by atoms with Crippen LogP contribution in [0.2, 0.25) is 0 Å². The Labute approximate surface area is 116 Å². The molecular weight excluding hydrogens is 240 g/mol. The third kappa shape index (κ3) is 14.6. The van der Waals surface area contributed by atoms with E-state index in [0.717, 1.165) is 44.9 Å². The lowest BCUT2D eigenvalue weighted by Gasteiger charge is -1.98. The lowest BCUT2D eigenvalue weighted by Crippen LogP contribution is -1.93. The zero-order valence-electron chi connectivity index (χ0n) is 11.8. The second kappa shape index (κ2) is 13.1. The van der Waals surface area contributed by atoms with Crippen LogP contribution in [0.3, 0.4) is 0 Å². The standard InChI is InChI=1S/C16H26O3/c1-2-12-15(17)13-10-8-6-4-3-5-7-9-11-14-16(18)19/h2,6,8H,1,3-5,7,9-14H2,(H,18,19)/b8-6+. The highest BCUT2D eigenvalue weighted by atomic mass is 16.4. The lowest BCUT2D eigenvalue weighted by atomic mass is 10.1. The van der Waals surface area contributed by atoms with Crippen LogP contribution in [0.4, 0.5) is 0 Å². The van der Waals surface area contributed by atoms with E-state index in [1.54, 1.807) is 6.08 Å². The summed E-state index contributed by atoms with van der Waals surface area (Å²) < 4.78 is 0. The van der Waals surface area contributed by atoms with Gasteiger partial charge >= 0.3 is 5.97 Å². The van der Waals surface area contributed by atoms with Crippen LogP contribution in [0.25, 0.3) is 0 Å². The molecule has 0 radical (unpaired) electrons. The Morgan fingerprint density at radius 2 is 1.53 bits per heavy atom. The Morgan fingerprint density at radius 1 is 0.895 bits per heavy atom. The van der Waals surface area contributed by atoms with E-state index >= 15 is 0 Å². The van der Waals surface area contributed by atoms with Crippen LogP contribution in [0, 0.1) is 0 Å². The quantitative estimate of drug-likeness (QED) is 0.400. The highest BCUT2D eigenvalue weighted by Gasteiger charge is 1.96. The number of carboxylic acids is 1. The lowest BCUT2D eigenvalue weighted by molar-refractivity contribution is -0.137. The number of allylic oxidation sites excluding steroid dienone is 3. The number of ketones is 1. The summed E-state index contributed by atoms with van der Waals surface area (Å²) in [4.78, 5) is 21.5. The van der Waals surface area contributed by atoms with Crippen LogP contribution in [-0.2, 0) is 9.59 Å². The van der Waals surface area contributed by atoms with Crippen LogP contribution in [0.1, 0.15) is 64.2 Å². The maximum Gasteiger partial charge on any atom is 0.303 e. The molecule has 0 aliphatic heterocycles. The predicted molar refractivity (Wildman–Crippen MR) is 78.1 cm³/mol. The fourth-order valence-electron chi connectivity index (χ4n) is 1.81. The van der Waals surface area contributed by atoms with Gasteiger partial charge in [-0.1, -0.05) is 37.5 Å². The number of rotatable bonds is 13. The summed E-state index contributed by atoms with van der Waals surface area (Å²) >= 11 is 0. The molecule has 0 amide bonds. The molecule has 0 fully saturated rings. The summed E-state index contributed by atoms with van der Waals surface area (Å²) in [6, 6.07) is 0. The molecule has 3 heteroatoms. The van der Waals surface area contributed by atoms with Gasteiger partial charge < -0.3 is 5.11 Å². The number of hydrogen-bond donors (Lipinski definition) is 1. The summed E-state index contributed by atoms with van der Waals surface area (Å²) in [5, 5.41) is 8.47. The average Bonchev–Trinajstić information content (AvgIpc) is 2.36. The van der Waals surface area contributed by atoms with Crippen molar-refractivity contribution in [2.45, 2.75) is 64.2 Å². The van der Waals surface area contributed by atoms with Gasteiger partial charge in [0.25, 0.3) is 0 Å². The fraction of sp³-hybridized carbons (Fsp3) is 0.625. The smallest absolute Gasteiger partial charge is 0.303 e. The highest BCUT2D eigenvalue weighted by molar-refractivity contribution is 5.79. The van der Waals surface area contributed by atoms with Gasteiger partial charge in [0.15, 0.2) is 0 Å². The maximum atomic E-state index is 11.2. The SMILES string of the molecule is C=CCC(=O)CC/C=C/CCCCCCCC(=O)O. The second-order valence-electron chi connectivity index (χ2n) is 4.74. The Balaban J connectivity index is 3.23. The first-order chi connectivity index (χ1) is 9.16. The van der Waals surface area contributed by atoms with Gasteiger partial charge in [-0.3, -0.25) is 9.59 Å². The van der Waals surface area contributed by atoms with Crippen LogP contribution in [-0.4, -0.2) is 16.9 Å². The molecule has 0 rings (SSSR count). The zero-order valence-corrected chi connectivity index (χ0v) is 11.8. The van der Waals surface area contributed by atoms with E-state index in [0.29, 0.717) is 19.3 Å². The van der Waals surface area contributed by atoms with Gasteiger partial charge in [-0.2, -0.15) is 0 Å². The monoisotopic (exact) mass is 266 g/mol. The number of carbonyl (C=O) groups excluding carboxylic acids is 1. The summed E-state index contributed by atoms with van der Waals surface area (Å²) in [7, 11) is 0. The molecule has 0 bridgehead atoms. The van der Waals surface area contributed by atoms with Gasteiger partial charge in [-0.05, 0) is 25.7 Å². The van der Waals surface area contributed by atoms with Crippen LogP contribution >= 0.6 is 0 Å². The molecule has 0 spiro atoms. The largest absolute Gasteiger partial charge is 0.481 e. The topological polar surface area (TPSA) is 54.4 Å². The number of aliphatic carboxylic acids is 1. The van der Waals surface area contributed by atoms with Gasteiger partial charge in [0.1, 0.15) is 5.78 Å². The van der Waals surface area contributed by atoms with Crippen molar-refractivity contribution in [2.75, 3.05) is 0 Å². The molecule has 3 nitrogen and oxygen atoms in total. The first kappa shape index (κ1) is 17.6. The van der Waals surface area contributed by atoms with Gasteiger partial charge in [0, 0.05) is 19.3 Å². The minimum atomic E-state index is -0.700. The van der Waals surface area contributed by atoms with Gasteiger partial charge in [-0.25, -0.2) is 0 Å². The predicted octanol–water partition coefficient (Wildman–Crippen LogP) is 4.28. The number of carbonyl (C=O) groups is 2. The molecule has 0 atom stereocenters. The summed E-state index contributed by atoms with van der Waals surface area (Å²) in [5.74, 6) is -0.452. The first-order valence-corrected chi connectivity index (χ1v) is 7.16. The van der Waals surface area contributed by atoms with E-state index in [1.165, 1.54) is 0 Å². The van der Waals surface area contributed by atoms with Crippen molar-refractivity contribution in [3.8, 4) is 0 Å². The molecule has 0 aliphatic carbocycles. The van der Waals surface area contributed by atoms with Crippen LogP contribution in [0.15, 0.2) is 24.8 Å². The maximum absolute atomic E-state index is 11.2. The van der Waals surface area contributed by atoms with E-state index in [1.807, 2.05) is 0 Å². The van der Waals surface area contributed by atoms with Crippen molar-refractivity contribution >= 4 is 11.8 Å². The molecule has 108 valence electrons. The molecule has 0 aromatic carbocycles. The summed E-state index contributed by atoms with van der Waals surface area (Å²) in [5.41, 5.74) is 0. The van der Waals surface area contributed by atoms with Gasteiger partial charge in [0.2, 0.25) is 0 Å².